The van der Waals surface area contributed by atoms with Gasteiger partial charge in [-0.25, -0.2) is 0 Å². The van der Waals surface area contributed by atoms with E-state index in [0.717, 1.165) is 57.7 Å². The van der Waals surface area contributed by atoms with Crippen LogP contribution in [0, 0.1) is 5.92 Å². The van der Waals surface area contributed by atoms with Gasteiger partial charge < -0.3 is 15.4 Å². The molecule has 1 fully saturated rings. The first-order valence-corrected chi connectivity index (χ1v) is 8.53. The zero-order chi connectivity index (χ0) is 15.5. The maximum atomic E-state index is 5.50. The monoisotopic (exact) mass is 426 g/mol. The Hall–Kier alpha value is -0.0800. The van der Waals surface area contributed by atoms with Gasteiger partial charge in [-0.1, -0.05) is 33.6 Å². The molecule has 1 unspecified atom stereocenters. The number of hydrogen-bond donors (Lipinski definition) is 2. The van der Waals surface area contributed by atoms with Gasteiger partial charge in [0, 0.05) is 39.3 Å². The lowest BCUT2D eigenvalue weighted by Crippen LogP contribution is -2.53. The van der Waals surface area contributed by atoms with Crippen LogP contribution in [-0.4, -0.2) is 63.3 Å². The lowest BCUT2D eigenvalue weighted by atomic mass is 9.92. The summed E-state index contributed by atoms with van der Waals surface area (Å²) in [6, 6.07) is 0.559. The van der Waals surface area contributed by atoms with Crippen LogP contribution in [-0.2, 0) is 4.74 Å². The molecule has 0 radical (unpaired) electrons. The van der Waals surface area contributed by atoms with Crippen LogP contribution in [0.1, 0.15) is 40.0 Å². The van der Waals surface area contributed by atoms with E-state index in [9.17, 15) is 0 Å². The molecule has 0 saturated carbocycles. The fraction of sp³-hybridized carbons (Fsp3) is 0.938. The van der Waals surface area contributed by atoms with Gasteiger partial charge in [-0.3, -0.25) is 9.89 Å². The molecule has 0 spiro atoms. The zero-order valence-corrected chi connectivity index (χ0v) is 17.1. The quantitative estimate of drug-likeness (QED) is 0.355. The summed E-state index contributed by atoms with van der Waals surface area (Å²) in [5.41, 5.74) is 0. The van der Waals surface area contributed by atoms with E-state index in [1.165, 1.54) is 12.8 Å². The van der Waals surface area contributed by atoms with Crippen LogP contribution in [0.2, 0.25) is 0 Å². The molecule has 1 rings (SSSR count). The van der Waals surface area contributed by atoms with Gasteiger partial charge in [0.15, 0.2) is 5.96 Å². The summed E-state index contributed by atoms with van der Waals surface area (Å²) in [4.78, 5) is 6.89. The van der Waals surface area contributed by atoms with Crippen LogP contribution in [0.15, 0.2) is 4.99 Å². The van der Waals surface area contributed by atoms with Crippen molar-refractivity contribution in [3.63, 3.8) is 0 Å². The van der Waals surface area contributed by atoms with Crippen molar-refractivity contribution in [1.29, 1.82) is 0 Å². The highest BCUT2D eigenvalue weighted by molar-refractivity contribution is 14.0. The minimum absolute atomic E-state index is 0. The average molecular weight is 426 g/mol. The van der Waals surface area contributed by atoms with Gasteiger partial charge >= 0.3 is 0 Å². The Labute approximate surface area is 153 Å². The van der Waals surface area contributed by atoms with Crippen molar-refractivity contribution in [2.45, 2.75) is 46.1 Å². The van der Waals surface area contributed by atoms with E-state index < -0.39 is 0 Å². The summed E-state index contributed by atoms with van der Waals surface area (Å²) in [6.45, 7) is 12.5. The number of rotatable bonds is 8. The predicted molar refractivity (Wildman–Crippen MR) is 105 cm³/mol. The second-order valence-electron chi connectivity index (χ2n) is 5.67. The molecule has 1 atom stereocenters. The molecule has 0 bridgehead atoms. The molecular formula is C16H35IN4O. The van der Waals surface area contributed by atoms with Crippen LogP contribution >= 0.6 is 24.0 Å². The SMILES string of the molecule is CCCNC(=NC)NCC(C(CC)CC)N1CCOCC1.I. The Balaban J connectivity index is 0.00000441. The van der Waals surface area contributed by atoms with Crippen molar-refractivity contribution >= 4 is 29.9 Å². The van der Waals surface area contributed by atoms with Crippen molar-refractivity contribution in [2.75, 3.05) is 46.4 Å². The van der Waals surface area contributed by atoms with E-state index in [2.05, 4.69) is 41.3 Å². The highest BCUT2D eigenvalue weighted by Gasteiger charge is 2.26. The first kappa shape index (κ1) is 21.9. The molecule has 1 aliphatic heterocycles. The van der Waals surface area contributed by atoms with Gasteiger partial charge in [-0.2, -0.15) is 0 Å². The molecular weight excluding hydrogens is 391 g/mol. The molecule has 0 aromatic heterocycles. The fourth-order valence-electron chi connectivity index (χ4n) is 3.00. The number of hydrogen-bond acceptors (Lipinski definition) is 3. The standard InChI is InChI=1S/C16H34N4O.HI/c1-5-8-18-16(17-4)19-13-15(14(6-2)7-3)20-9-11-21-12-10-20;/h14-15H,5-13H2,1-4H3,(H2,17,18,19);1H. The maximum Gasteiger partial charge on any atom is 0.191 e. The summed E-state index contributed by atoms with van der Waals surface area (Å²) in [5.74, 6) is 1.64. The fourth-order valence-corrected chi connectivity index (χ4v) is 3.00. The van der Waals surface area contributed by atoms with Crippen molar-refractivity contribution in [2.24, 2.45) is 10.9 Å². The number of guanidine groups is 1. The Kier molecular flexibility index (Phi) is 13.3. The molecule has 1 heterocycles. The zero-order valence-electron chi connectivity index (χ0n) is 14.7. The minimum atomic E-state index is 0. The normalized spacial score (nSPS) is 18.0. The molecule has 22 heavy (non-hydrogen) atoms. The number of nitrogens with one attached hydrogen (secondary N) is 2. The Morgan fingerprint density at radius 3 is 2.27 bits per heavy atom. The highest BCUT2D eigenvalue weighted by Crippen LogP contribution is 2.19. The Morgan fingerprint density at radius 2 is 1.77 bits per heavy atom. The first-order chi connectivity index (χ1) is 10.3. The largest absolute Gasteiger partial charge is 0.379 e. The van der Waals surface area contributed by atoms with Crippen LogP contribution in [0.25, 0.3) is 0 Å². The highest BCUT2D eigenvalue weighted by atomic mass is 127. The van der Waals surface area contributed by atoms with Crippen molar-refractivity contribution in [3.8, 4) is 0 Å². The van der Waals surface area contributed by atoms with Crippen LogP contribution in [0.5, 0.6) is 0 Å². The summed E-state index contributed by atoms with van der Waals surface area (Å²) in [5, 5.41) is 6.86. The van der Waals surface area contributed by atoms with Gasteiger partial charge in [-0.15, -0.1) is 24.0 Å². The van der Waals surface area contributed by atoms with Crippen molar-refractivity contribution < 1.29 is 4.74 Å². The number of nitrogens with zero attached hydrogens (tertiary/aromatic N) is 2. The lowest BCUT2D eigenvalue weighted by Gasteiger charge is -2.39. The summed E-state index contributed by atoms with van der Waals surface area (Å²) >= 11 is 0. The number of aliphatic imine (C=N–C) groups is 1. The third kappa shape index (κ3) is 7.46. The van der Waals surface area contributed by atoms with E-state index in [-0.39, 0.29) is 24.0 Å². The molecule has 1 saturated heterocycles. The van der Waals surface area contributed by atoms with Gasteiger partial charge in [0.05, 0.1) is 13.2 Å². The first-order valence-electron chi connectivity index (χ1n) is 8.53. The van der Waals surface area contributed by atoms with Crippen LogP contribution < -0.4 is 10.6 Å². The predicted octanol–water partition coefficient (Wildman–Crippen LogP) is 2.32. The maximum absolute atomic E-state index is 5.50. The summed E-state index contributed by atoms with van der Waals surface area (Å²) in [6.07, 6.45) is 3.56. The van der Waals surface area contributed by atoms with Crippen molar-refractivity contribution in [1.82, 2.24) is 15.5 Å². The van der Waals surface area contributed by atoms with E-state index in [1.54, 1.807) is 0 Å². The molecule has 2 N–H and O–H groups in total. The molecule has 0 aromatic rings. The molecule has 0 aliphatic carbocycles. The topological polar surface area (TPSA) is 48.9 Å². The van der Waals surface area contributed by atoms with Crippen LogP contribution in [0.4, 0.5) is 0 Å². The van der Waals surface area contributed by atoms with Gasteiger partial charge in [0.25, 0.3) is 0 Å². The second kappa shape index (κ2) is 13.4. The summed E-state index contributed by atoms with van der Waals surface area (Å²) < 4.78 is 5.50. The molecule has 1 aliphatic rings. The second-order valence-corrected chi connectivity index (χ2v) is 5.67. The average Bonchev–Trinajstić information content (AvgIpc) is 2.54. The molecule has 6 heteroatoms. The Morgan fingerprint density at radius 1 is 1.14 bits per heavy atom. The van der Waals surface area contributed by atoms with Gasteiger partial charge in [0.2, 0.25) is 0 Å². The number of ether oxygens (including phenoxy) is 1. The molecule has 132 valence electrons. The van der Waals surface area contributed by atoms with Gasteiger partial charge in [-0.05, 0) is 12.3 Å². The van der Waals surface area contributed by atoms with Gasteiger partial charge in [0.1, 0.15) is 0 Å². The Bertz CT molecular complexity index is 292. The number of morpholine rings is 1. The smallest absolute Gasteiger partial charge is 0.191 e. The lowest BCUT2D eigenvalue weighted by molar-refractivity contribution is 0.00272. The van der Waals surface area contributed by atoms with Crippen molar-refractivity contribution in [3.05, 3.63) is 0 Å². The molecule has 0 amide bonds. The molecule has 5 nitrogen and oxygen atoms in total. The molecule has 0 aromatic carbocycles. The van der Waals surface area contributed by atoms with E-state index in [0.29, 0.717) is 6.04 Å². The van der Waals surface area contributed by atoms with E-state index in [1.807, 2.05) is 7.05 Å². The van der Waals surface area contributed by atoms with E-state index in [4.69, 9.17) is 4.74 Å². The summed E-state index contributed by atoms with van der Waals surface area (Å²) in [7, 11) is 1.84. The number of halogens is 1. The third-order valence-corrected chi connectivity index (χ3v) is 4.35. The van der Waals surface area contributed by atoms with E-state index >= 15 is 0 Å². The minimum Gasteiger partial charge on any atom is -0.379 e. The third-order valence-electron chi connectivity index (χ3n) is 4.35. The van der Waals surface area contributed by atoms with Crippen LogP contribution in [0.3, 0.4) is 0 Å².